The molecular weight excluding hydrogens is 294 g/mol. The first-order valence-corrected chi connectivity index (χ1v) is 7.87. The molecular formula is C18H29NO4. The van der Waals surface area contributed by atoms with E-state index in [-0.39, 0.29) is 18.2 Å². The highest BCUT2D eigenvalue weighted by atomic mass is 16.6. The van der Waals surface area contributed by atoms with Crippen LogP contribution in [0.4, 0.5) is 4.79 Å². The Morgan fingerprint density at radius 3 is 2.09 bits per heavy atom. The third-order valence-corrected chi connectivity index (χ3v) is 2.77. The topological polar surface area (TPSA) is 67.8 Å². The summed E-state index contributed by atoms with van der Waals surface area (Å²) >= 11 is 0. The van der Waals surface area contributed by atoms with E-state index >= 15 is 0 Å². The van der Waals surface area contributed by atoms with E-state index in [0.717, 1.165) is 11.3 Å². The molecule has 0 bridgehead atoms. The van der Waals surface area contributed by atoms with Crippen LogP contribution in [0.25, 0.3) is 0 Å². The van der Waals surface area contributed by atoms with Crippen molar-refractivity contribution in [3.05, 3.63) is 29.8 Å². The monoisotopic (exact) mass is 323 g/mol. The van der Waals surface area contributed by atoms with Crippen molar-refractivity contribution in [1.29, 1.82) is 0 Å². The van der Waals surface area contributed by atoms with Gasteiger partial charge in [0, 0.05) is 0 Å². The van der Waals surface area contributed by atoms with Crippen LogP contribution in [0, 0.1) is 0 Å². The van der Waals surface area contributed by atoms with Gasteiger partial charge in [-0.25, -0.2) is 4.79 Å². The molecule has 1 aromatic carbocycles. The number of aliphatic hydroxyl groups excluding tert-OH is 1. The Morgan fingerprint density at radius 1 is 1.09 bits per heavy atom. The SMILES string of the molecule is CC(C)(C)OC(=O)NC(CO)Cc1ccc(OC(C)(C)C)cc1. The minimum Gasteiger partial charge on any atom is -0.488 e. The quantitative estimate of drug-likeness (QED) is 0.872. The molecule has 0 aromatic heterocycles. The molecule has 0 aliphatic rings. The third-order valence-electron chi connectivity index (χ3n) is 2.77. The van der Waals surface area contributed by atoms with E-state index in [9.17, 15) is 9.90 Å². The number of aliphatic hydroxyl groups is 1. The molecule has 5 heteroatoms. The van der Waals surface area contributed by atoms with Gasteiger partial charge in [-0.05, 0) is 65.7 Å². The highest BCUT2D eigenvalue weighted by Gasteiger charge is 2.19. The average molecular weight is 323 g/mol. The van der Waals surface area contributed by atoms with E-state index in [1.807, 2.05) is 45.0 Å². The van der Waals surface area contributed by atoms with Gasteiger partial charge in [-0.2, -0.15) is 0 Å². The number of rotatable bonds is 5. The molecule has 130 valence electrons. The summed E-state index contributed by atoms with van der Waals surface area (Å²) in [6.45, 7) is 11.2. The summed E-state index contributed by atoms with van der Waals surface area (Å²) in [6.07, 6.45) is -0.00447. The first-order chi connectivity index (χ1) is 10.5. The number of carbonyl (C=O) groups excluding carboxylic acids is 1. The van der Waals surface area contributed by atoms with Crippen molar-refractivity contribution in [2.24, 2.45) is 0 Å². The van der Waals surface area contributed by atoms with E-state index in [4.69, 9.17) is 9.47 Å². The molecule has 23 heavy (non-hydrogen) atoms. The molecule has 1 amide bonds. The highest BCUT2D eigenvalue weighted by Crippen LogP contribution is 2.19. The van der Waals surface area contributed by atoms with Gasteiger partial charge in [0.25, 0.3) is 0 Å². The van der Waals surface area contributed by atoms with Gasteiger partial charge in [0.2, 0.25) is 0 Å². The molecule has 0 aliphatic heterocycles. The summed E-state index contributed by atoms with van der Waals surface area (Å²) in [5, 5.41) is 12.1. The molecule has 0 aliphatic carbocycles. The minimum absolute atomic E-state index is 0.153. The van der Waals surface area contributed by atoms with Crippen molar-refractivity contribution in [3.63, 3.8) is 0 Å². The Hall–Kier alpha value is -1.75. The second kappa shape index (κ2) is 7.68. The predicted octanol–water partition coefficient (Wildman–Crippen LogP) is 3.29. The summed E-state index contributed by atoms with van der Waals surface area (Å²) in [4.78, 5) is 11.8. The van der Waals surface area contributed by atoms with Crippen LogP contribution in [0.3, 0.4) is 0 Å². The van der Waals surface area contributed by atoms with Crippen molar-refractivity contribution in [2.75, 3.05) is 6.61 Å². The highest BCUT2D eigenvalue weighted by molar-refractivity contribution is 5.68. The standard InChI is InChI=1S/C18H29NO4/c1-17(2,3)22-15-9-7-13(8-10-15)11-14(12-20)19-16(21)23-18(4,5)6/h7-10,14,20H,11-12H2,1-6H3,(H,19,21). The Balaban J connectivity index is 2.60. The molecule has 0 fully saturated rings. The zero-order valence-electron chi connectivity index (χ0n) is 15.0. The van der Waals surface area contributed by atoms with Crippen molar-refractivity contribution in [3.8, 4) is 5.75 Å². The Bertz CT molecular complexity index is 497. The van der Waals surface area contributed by atoms with Crippen molar-refractivity contribution in [2.45, 2.75) is 65.2 Å². The Morgan fingerprint density at radius 2 is 1.65 bits per heavy atom. The zero-order valence-corrected chi connectivity index (χ0v) is 15.0. The van der Waals surface area contributed by atoms with Gasteiger partial charge in [-0.1, -0.05) is 12.1 Å². The third kappa shape index (κ3) is 8.45. The fourth-order valence-corrected chi connectivity index (χ4v) is 1.97. The molecule has 0 radical (unpaired) electrons. The maximum absolute atomic E-state index is 11.8. The van der Waals surface area contributed by atoms with Gasteiger partial charge < -0.3 is 19.9 Å². The molecule has 1 atom stereocenters. The maximum Gasteiger partial charge on any atom is 0.407 e. The van der Waals surface area contributed by atoms with Crippen LogP contribution in [-0.4, -0.2) is 35.1 Å². The summed E-state index contributed by atoms with van der Waals surface area (Å²) in [6, 6.07) is 7.26. The lowest BCUT2D eigenvalue weighted by molar-refractivity contribution is 0.0482. The van der Waals surface area contributed by atoms with Crippen molar-refractivity contribution < 1.29 is 19.4 Å². The van der Waals surface area contributed by atoms with Crippen molar-refractivity contribution in [1.82, 2.24) is 5.32 Å². The number of hydrogen-bond acceptors (Lipinski definition) is 4. The number of carbonyl (C=O) groups is 1. The average Bonchev–Trinajstić information content (AvgIpc) is 2.36. The number of benzene rings is 1. The molecule has 0 heterocycles. The molecule has 2 N–H and O–H groups in total. The molecule has 1 rings (SSSR count). The molecule has 0 saturated carbocycles. The molecule has 5 nitrogen and oxygen atoms in total. The largest absolute Gasteiger partial charge is 0.488 e. The van der Waals surface area contributed by atoms with E-state index in [1.54, 1.807) is 20.8 Å². The summed E-state index contributed by atoms with van der Waals surface area (Å²) in [5.41, 5.74) is 0.199. The second-order valence-electron chi connectivity index (χ2n) is 7.59. The van der Waals surface area contributed by atoms with Crippen molar-refractivity contribution >= 4 is 6.09 Å². The minimum atomic E-state index is -0.559. The number of alkyl carbamates (subject to hydrolysis) is 1. The summed E-state index contributed by atoms with van der Waals surface area (Å²) < 4.78 is 11.0. The first kappa shape index (κ1) is 19.3. The van der Waals surface area contributed by atoms with Crippen LogP contribution < -0.4 is 10.1 Å². The maximum atomic E-state index is 11.8. The van der Waals surface area contributed by atoms with Crippen LogP contribution in [0.1, 0.15) is 47.1 Å². The van der Waals surface area contributed by atoms with Gasteiger partial charge in [0.05, 0.1) is 12.6 Å². The smallest absolute Gasteiger partial charge is 0.407 e. The fourth-order valence-electron chi connectivity index (χ4n) is 1.97. The van der Waals surface area contributed by atoms with Gasteiger partial charge in [-0.3, -0.25) is 0 Å². The lowest BCUT2D eigenvalue weighted by Crippen LogP contribution is -2.42. The van der Waals surface area contributed by atoms with Gasteiger partial charge in [0.1, 0.15) is 17.0 Å². The number of hydrogen-bond donors (Lipinski definition) is 2. The predicted molar refractivity (Wildman–Crippen MR) is 90.8 cm³/mol. The molecule has 1 aromatic rings. The first-order valence-electron chi connectivity index (χ1n) is 7.87. The van der Waals surface area contributed by atoms with Gasteiger partial charge >= 0.3 is 6.09 Å². The van der Waals surface area contributed by atoms with Crippen LogP contribution in [0.5, 0.6) is 5.75 Å². The van der Waals surface area contributed by atoms with E-state index in [0.29, 0.717) is 6.42 Å². The zero-order chi connectivity index (χ0) is 17.7. The Labute approximate surface area is 139 Å². The van der Waals surface area contributed by atoms with Crippen LogP contribution in [-0.2, 0) is 11.2 Å². The normalized spacial score (nSPS) is 13.3. The molecule has 0 saturated heterocycles. The van der Waals surface area contributed by atoms with Gasteiger partial charge in [-0.15, -0.1) is 0 Å². The number of ether oxygens (including phenoxy) is 2. The molecule has 0 spiro atoms. The lowest BCUT2D eigenvalue weighted by Gasteiger charge is -2.23. The van der Waals surface area contributed by atoms with Gasteiger partial charge in [0.15, 0.2) is 0 Å². The van der Waals surface area contributed by atoms with Crippen LogP contribution >= 0.6 is 0 Å². The number of nitrogens with one attached hydrogen (secondary N) is 1. The van der Waals surface area contributed by atoms with E-state index in [1.165, 1.54) is 0 Å². The van der Waals surface area contributed by atoms with Crippen LogP contribution in [0.15, 0.2) is 24.3 Å². The summed E-state index contributed by atoms with van der Waals surface area (Å²) in [5.74, 6) is 0.793. The van der Waals surface area contributed by atoms with E-state index in [2.05, 4.69) is 5.32 Å². The fraction of sp³-hybridized carbons (Fsp3) is 0.611. The van der Waals surface area contributed by atoms with Crippen LogP contribution in [0.2, 0.25) is 0 Å². The number of amides is 1. The van der Waals surface area contributed by atoms with E-state index < -0.39 is 11.7 Å². The Kier molecular flexibility index (Phi) is 6.45. The lowest BCUT2D eigenvalue weighted by atomic mass is 10.1. The summed E-state index contributed by atoms with van der Waals surface area (Å²) in [7, 11) is 0. The second-order valence-corrected chi connectivity index (χ2v) is 7.59. The molecule has 1 unspecified atom stereocenters.